The minimum atomic E-state index is -0.480. The van der Waals surface area contributed by atoms with Crippen molar-refractivity contribution in [1.82, 2.24) is 0 Å². The van der Waals surface area contributed by atoms with Crippen molar-refractivity contribution in [2.45, 2.75) is 80.1 Å². The maximum Gasteiger partial charge on any atom is 0.316 e. The molecule has 1 saturated heterocycles. The number of benzene rings is 1. The second kappa shape index (κ2) is 8.41. The molecule has 1 aliphatic heterocycles. The SMILES string of the molecule is Cc1cc(C)c(C2=C(OC(=O)C(C)(C)C)CCC2)c(C)c1CC1CCOCC1. The highest BCUT2D eigenvalue weighted by Gasteiger charge is 2.29. The summed E-state index contributed by atoms with van der Waals surface area (Å²) in [7, 11) is 0. The molecule has 1 fully saturated rings. The molecule has 1 aromatic carbocycles. The fourth-order valence-electron chi connectivity index (χ4n) is 4.60. The van der Waals surface area contributed by atoms with Crippen LogP contribution in [0.25, 0.3) is 5.57 Å². The van der Waals surface area contributed by atoms with Crippen LogP contribution >= 0.6 is 0 Å². The number of hydrogen-bond acceptors (Lipinski definition) is 3. The Bertz CT molecular complexity index is 774. The van der Waals surface area contributed by atoms with Gasteiger partial charge in [-0.1, -0.05) is 6.07 Å². The predicted molar refractivity (Wildman–Crippen MR) is 114 cm³/mol. The van der Waals surface area contributed by atoms with Crippen LogP contribution in [-0.2, 0) is 20.7 Å². The van der Waals surface area contributed by atoms with E-state index < -0.39 is 5.41 Å². The third kappa shape index (κ3) is 4.51. The number of hydrogen-bond donors (Lipinski definition) is 0. The van der Waals surface area contributed by atoms with Crippen LogP contribution in [0, 0.1) is 32.1 Å². The van der Waals surface area contributed by atoms with Crippen molar-refractivity contribution in [3.63, 3.8) is 0 Å². The molecular formula is C25H36O3. The van der Waals surface area contributed by atoms with Crippen molar-refractivity contribution >= 4 is 11.5 Å². The highest BCUT2D eigenvalue weighted by atomic mass is 16.5. The number of aryl methyl sites for hydroxylation is 2. The Labute approximate surface area is 170 Å². The summed E-state index contributed by atoms with van der Waals surface area (Å²) in [5, 5.41) is 0. The summed E-state index contributed by atoms with van der Waals surface area (Å²) in [5.74, 6) is 1.47. The third-order valence-electron chi connectivity index (χ3n) is 6.26. The molecule has 28 heavy (non-hydrogen) atoms. The maximum atomic E-state index is 12.5. The lowest BCUT2D eigenvalue weighted by Gasteiger charge is -2.26. The fraction of sp³-hybridized carbons (Fsp3) is 0.640. The molecule has 0 unspecified atom stereocenters. The zero-order valence-corrected chi connectivity index (χ0v) is 18.5. The lowest BCUT2D eigenvalue weighted by molar-refractivity contribution is -0.148. The van der Waals surface area contributed by atoms with Gasteiger partial charge in [-0.05, 0) is 113 Å². The largest absolute Gasteiger partial charge is 0.430 e. The first-order valence-electron chi connectivity index (χ1n) is 10.8. The number of rotatable bonds is 4. The molecule has 0 bridgehead atoms. The van der Waals surface area contributed by atoms with Gasteiger partial charge >= 0.3 is 5.97 Å². The van der Waals surface area contributed by atoms with Gasteiger partial charge in [0.05, 0.1) is 5.41 Å². The second-order valence-corrected chi connectivity index (χ2v) is 9.64. The summed E-state index contributed by atoms with van der Waals surface area (Å²) in [6, 6.07) is 2.32. The molecule has 154 valence electrons. The molecule has 0 amide bonds. The molecule has 0 radical (unpaired) electrons. The summed E-state index contributed by atoms with van der Waals surface area (Å²) in [6.45, 7) is 14.2. The van der Waals surface area contributed by atoms with Gasteiger partial charge in [0.15, 0.2) is 0 Å². The quantitative estimate of drug-likeness (QED) is 0.591. The first-order chi connectivity index (χ1) is 13.2. The van der Waals surface area contributed by atoms with E-state index in [1.807, 2.05) is 20.8 Å². The van der Waals surface area contributed by atoms with E-state index in [4.69, 9.17) is 9.47 Å². The first kappa shape index (κ1) is 21.1. The van der Waals surface area contributed by atoms with E-state index in [1.54, 1.807) is 0 Å². The minimum Gasteiger partial charge on any atom is -0.430 e. The fourth-order valence-corrected chi connectivity index (χ4v) is 4.60. The van der Waals surface area contributed by atoms with Crippen LogP contribution in [0.3, 0.4) is 0 Å². The second-order valence-electron chi connectivity index (χ2n) is 9.64. The smallest absolute Gasteiger partial charge is 0.316 e. The van der Waals surface area contributed by atoms with Gasteiger partial charge in [-0.2, -0.15) is 0 Å². The molecule has 0 saturated carbocycles. The van der Waals surface area contributed by atoms with Gasteiger partial charge in [-0.25, -0.2) is 0 Å². The van der Waals surface area contributed by atoms with E-state index in [2.05, 4.69) is 26.8 Å². The molecular weight excluding hydrogens is 348 g/mol. The van der Waals surface area contributed by atoms with E-state index >= 15 is 0 Å². The van der Waals surface area contributed by atoms with Gasteiger partial charge in [0.25, 0.3) is 0 Å². The number of allylic oxidation sites excluding steroid dienone is 2. The van der Waals surface area contributed by atoms with Crippen LogP contribution in [-0.4, -0.2) is 19.2 Å². The first-order valence-corrected chi connectivity index (χ1v) is 10.8. The Morgan fingerprint density at radius 3 is 2.43 bits per heavy atom. The molecule has 0 N–H and O–H groups in total. The Hall–Kier alpha value is -1.61. The van der Waals surface area contributed by atoms with Crippen LogP contribution in [0.5, 0.6) is 0 Å². The van der Waals surface area contributed by atoms with Crippen molar-refractivity contribution in [3.8, 4) is 0 Å². The summed E-state index contributed by atoms with van der Waals surface area (Å²) < 4.78 is 11.4. The van der Waals surface area contributed by atoms with Gasteiger partial charge < -0.3 is 9.47 Å². The Balaban J connectivity index is 1.97. The minimum absolute atomic E-state index is 0.133. The van der Waals surface area contributed by atoms with Gasteiger partial charge in [0.1, 0.15) is 5.76 Å². The van der Waals surface area contributed by atoms with E-state index in [9.17, 15) is 4.79 Å². The van der Waals surface area contributed by atoms with Crippen molar-refractivity contribution < 1.29 is 14.3 Å². The lowest BCUT2D eigenvalue weighted by Crippen LogP contribution is -2.22. The highest BCUT2D eigenvalue weighted by Crippen LogP contribution is 2.40. The molecule has 2 aliphatic rings. The molecule has 3 heteroatoms. The van der Waals surface area contributed by atoms with Crippen molar-refractivity contribution in [3.05, 3.63) is 39.6 Å². The predicted octanol–water partition coefficient (Wildman–Crippen LogP) is 6.07. The molecule has 3 nitrogen and oxygen atoms in total. The van der Waals surface area contributed by atoms with Crippen LogP contribution in [0.15, 0.2) is 11.8 Å². The van der Waals surface area contributed by atoms with Gasteiger partial charge in [0.2, 0.25) is 0 Å². The Kier molecular flexibility index (Phi) is 6.34. The van der Waals surface area contributed by atoms with Gasteiger partial charge in [0, 0.05) is 19.6 Å². The third-order valence-corrected chi connectivity index (χ3v) is 6.26. The van der Waals surface area contributed by atoms with E-state index in [0.717, 1.165) is 57.5 Å². The topological polar surface area (TPSA) is 35.5 Å². The van der Waals surface area contributed by atoms with Crippen LogP contribution in [0.1, 0.15) is 80.7 Å². The summed E-state index contributed by atoms with van der Waals surface area (Å²) >= 11 is 0. The molecule has 0 spiro atoms. The summed E-state index contributed by atoms with van der Waals surface area (Å²) in [4.78, 5) is 12.5. The molecule has 0 aromatic heterocycles. The molecule has 0 atom stereocenters. The van der Waals surface area contributed by atoms with E-state index in [1.165, 1.54) is 33.4 Å². The van der Waals surface area contributed by atoms with E-state index in [-0.39, 0.29) is 5.97 Å². The zero-order valence-electron chi connectivity index (χ0n) is 18.5. The molecule has 1 aliphatic carbocycles. The van der Waals surface area contributed by atoms with Gasteiger partial charge in [-0.3, -0.25) is 4.79 Å². The lowest BCUT2D eigenvalue weighted by atomic mass is 9.83. The maximum absolute atomic E-state index is 12.5. The van der Waals surface area contributed by atoms with Gasteiger partial charge in [-0.15, -0.1) is 0 Å². The molecule has 3 rings (SSSR count). The van der Waals surface area contributed by atoms with E-state index in [0.29, 0.717) is 5.92 Å². The number of carbonyl (C=O) groups excluding carboxylic acids is 1. The van der Waals surface area contributed by atoms with Crippen LogP contribution in [0.4, 0.5) is 0 Å². The molecule has 1 heterocycles. The molecule has 1 aromatic rings. The Morgan fingerprint density at radius 2 is 1.79 bits per heavy atom. The highest BCUT2D eigenvalue weighted by molar-refractivity contribution is 5.81. The van der Waals surface area contributed by atoms with Crippen LogP contribution in [0.2, 0.25) is 0 Å². The number of esters is 1. The van der Waals surface area contributed by atoms with Crippen molar-refractivity contribution in [2.75, 3.05) is 13.2 Å². The summed E-state index contributed by atoms with van der Waals surface area (Å²) in [5.41, 5.74) is 7.64. The normalized spacial score (nSPS) is 18.6. The standard InChI is InChI=1S/C25H36O3/c1-16-14-17(2)23(18(3)21(16)15-19-10-12-27-13-11-19)20-8-7-9-22(20)28-24(26)25(4,5)6/h14,19H,7-13,15H2,1-6H3. The average Bonchev–Trinajstić information content (AvgIpc) is 3.06. The van der Waals surface area contributed by atoms with Crippen LogP contribution < -0.4 is 0 Å². The number of ether oxygens (including phenoxy) is 2. The summed E-state index contributed by atoms with van der Waals surface area (Å²) in [6.07, 6.45) is 6.34. The monoisotopic (exact) mass is 384 g/mol. The van der Waals surface area contributed by atoms with Crippen molar-refractivity contribution in [1.29, 1.82) is 0 Å². The van der Waals surface area contributed by atoms with Crippen molar-refractivity contribution in [2.24, 2.45) is 11.3 Å². The Morgan fingerprint density at radius 1 is 1.11 bits per heavy atom. The average molecular weight is 385 g/mol. The zero-order chi connectivity index (χ0) is 20.5. The number of carbonyl (C=O) groups is 1.